The van der Waals surface area contributed by atoms with Gasteiger partial charge < -0.3 is 9.47 Å². The molecule has 2 bridgehead atoms. The molecule has 2 aliphatic heterocycles. The molecule has 0 radical (unpaired) electrons. The molecule has 2 rings (SSSR count). The minimum Gasteiger partial charge on any atom is -0.350 e. The van der Waals surface area contributed by atoms with Crippen LogP contribution < -0.4 is 0 Å². The number of ether oxygens (including phenoxy) is 2. The van der Waals surface area contributed by atoms with Gasteiger partial charge in [-0.05, 0) is 11.8 Å². The Hall–Kier alpha value is -0.0800. The van der Waals surface area contributed by atoms with E-state index in [1.165, 1.54) is 0 Å². The molecule has 2 saturated heterocycles. The van der Waals surface area contributed by atoms with Crippen molar-refractivity contribution < 1.29 is 9.47 Å². The summed E-state index contributed by atoms with van der Waals surface area (Å²) in [7, 11) is 0. The number of hydrogen-bond donors (Lipinski definition) is 0. The Morgan fingerprint density at radius 2 is 1.73 bits per heavy atom. The van der Waals surface area contributed by atoms with Crippen molar-refractivity contribution in [3.63, 3.8) is 0 Å². The molecule has 0 aromatic carbocycles. The molecule has 2 nitrogen and oxygen atoms in total. The van der Waals surface area contributed by atoms with E-state index in [1.54, 1.807) is 0 Å². The zero-order chi connectivity index (χ0) is 8.01. The molecular weight excluding hydrogens is 140 g/mol. The van der Waals surface area contributed by atoms with E-state index in [4.69, 9.17) is 9.47 Å². The molecule has 2 heteroatoms. The van der Waals surface area contributed by atoms with Gasteiger partial charge in [0.2, 0.25) is 0 Å². The maximum atomic E-state index is 5.67. The zero-order valence-corrected chi connectivity index (χ0v) is 7.41. The summed E-state index contributed by atoms with van der Waals surface area (Å²) in [5.74, 6) is 1.95. The molecule has 0 N–H and O–H groups in total. The zero-order valence-electron chi connectivity index (χ0n) is 7.41. The van der Waals surface area contributed by atoms with Crippen molar-refractivity contribution in [2.45, 2.75) is 33.2 Å². The van der Waals surface area contributed by atoms with Gasteiger partial charge in [0.1, 0.15) is 0 Å². The lowest BCUT2D eigenvalue weighted by Crippen LogP contribution is -2.39. The van der Waals surface area contributed by atoms with Crippen LogP contribution in [-0.4, -0.2) is 19.0 Å². The summed E-state index contributed by atoms with van der Waals surface area (Å²) in [4.78, 5) is 0. The number of fused-ring (bicyclic) bond motifs is 2. The van der Waals surface area contributed by atoms with E-state index in [1.807, 2.05) is 0 Å². The van der Waals surface area contributed by atoms with Gasteiger partial charge in [0.25, 0.3) is 0 Å². The Bertz CT molecular complexity index is 138. The van der Waals surface area contributed by atoms with Crippen LogP contribution >= 0.6 is 0 Å². The van der Waals surface area contributed by atoms with Crippen LogP contribution in [0.1, 0.15) is 20.8 Å². The fourth-order valence-electron chi connectivity index (χ4n) is 2.06. The predicted octanol–water partition coefficient (Wildman–Crippen LogP) is 1.65. The monoisotopic (exact) mass is 156 g/mol. The molecule has 2 heterocycles. The van der Waals surface area contributed by atoms with Crippen molar-refractivity contribution in [1.82, 2.24) is 0 Å². The van der Waals surface area contributed by atoms with Gasteiger partial charge in [-0.1, -0.05) is 20.8 Å². The van der Waals surface area contributed by atoms with Crippen LogP contribution in [-0.2, 0) is 9.47 Å². The molecule has 64 valence electrons. The highest BCUT2D eigenvalue weighted by molar-refractivity contribution is 4.86. The van der Waals surface area contributed by atoms with Gasteiger partial charge in [0.05, 0.1) is 12.7 Å². The fourth-order valence-corrected chi connectivity index (χ4v) is 2.06. The molecule has 0 aromatic rings. The van der Waals surface area contributed by atoms with Gasteiger partial charge in [-0.2, -0.15) is 0 Å². The topological polar surface area (TPSA) is 18.5 Å². The second-order valence-electron chi connectivity index (χ2n) is 3.95. The summed E-state index contributed by atoms with van der Waals surface area (Å²) in [5.41, 5.74) is 0. The summed E-state index contributed by atoms with van der Waals surface area (Å²) in [6.07, 6.45) is 0.456. The Morgan fingerprint density at radius 3 is 2.45 bits per heavy atom. The molecule has 2 aliphatic rings. The standard InChI is InChI=1S/C9H16O2/c1-5-6(2)8-4-10-9(11-8)7(5)3/h5-9H,4H2,1-3H3/t5-,6?,7?,8+,9+/m0/s1. The molecule has 0 aromatic heterocycles. The van der Waals surface area contributed by atoms with Crippen LogP contribution in [0.25, 0.3) is 0 Å². The highest BCUT2D eigenvalue weighted by atomic mass is 16.7. The van der Waals surface area contributed by atoms with E-state index >= 15 is 0 Å². The number of hydrogen-bond acceptors (Lipinski definition) is 2. The Morgan fingerprint density at radius 1 is 1.00 bits per heavy atom. The first-order valence-electron chi connectivity index (χ1n) is 4.47. The van der Waals surface area contributed by atoms with Gasteiger partial charge >= 0.3 is 0 Å². The van der Waals surface area contributed by atoms with E-state index in [9.17, 15) is 0 Å². The second-order valence-corrected chi connectivity index (χ2v) is 3.95. The average Bonchev–Trinajstić information content (AvgIpc) is 2.44. The van der Waals surface area contributed by atoms with Gasteiger partial charge in [-0.15, -0.1) is 0 Å². The molecule has 0 saturated carbocycles. The molecule has 2 unspecified atom stereocenters. The van der Waals surface area contributed by atoms with Gasteiger partial charge in [-0.3, -0.25) is 0 Å². The third-order valence-electron chi connectivity index (χ3n) is 3.41. The van der Waals surface area contributed by atoms with Crippen LogP contribution in [0.4, 0.5) is 0 Å². The SMILES string of the molecule is CC1[C@@H]2OC[C@@H](O2)C(C)[C@@H]1C. The average molecular weight is 156 g/mol. The smallest absolute Gasteiger partial charge is 0.160 e. The Kier molecular flexibility index (Phi) is 1.69. The third kappa shape index (κ3) is 1.00. The van der Waals surface area contributed by atoms with Crippen molar-refractivity contribution in [2.24, 2.45) is 17.8 Å². The van der Waals surface area contributed by atoms with Crippen molar-refractivity contribution in [2.75, 3.05) is 6.61 Å². The van der Waals surface area contributed by atoms with E-state index in [2.05, 4.69) is 20.8 Å². The van der Waals surface area contributed by atoms with Gasteiger partial charge in [0.15, 0.2) is 6.29 Å². The predicted molar refractivity (Wildman–Crippen MR) is 42.1 cm³/mol. The molecule has 5 atom stereocenters. The minimum atomic E-state index is 0.0891. The lowest BCUT2D eigenvalue weighted by Gasteiger charge is -2.35. The Labute approximate surface area is 67.9 Å². The lowest BCUT2D eigenvalue weighted by atomic mass is 9.80. The third-order valence-corrected chi connectivity index (χ3v) is 3.41. The van der Waals surface area contributed by atoms with Crippen LogP contribution in [0.5, 0.6) is 0 Å². The Balaban J connectivity index is 2.16. The van der Waals surface area contributed by atoms with Crippen LogP contribution in [0.3, 0.4) is 0 Å². The van der Waals surface area contributed by atoms with Crippen LogP contribution in [0.2, 0.25) is 0 Å². The first kappa shape index (κ1) is 7.56. The first-order valence-corrected chi connectivity index (χ1v) is 4.47. The maximum absolute atomic E-state index is 5.67. The van der Waals surface area contributed by atoms with Crippen molar-refractivity contribution >= 4 is 0 Å². The highest BCUT2D eigenvalue weighted by Crippen LogP contribution is 2.39. The summed E-state index contributed by atoms with van der Waals surface area (Å²) in [5, 5.41) is 0. The van der Waals surface area contributed by atoms with Crippen molar-refractivity contribution in [1.29, 1.82) is 0 Å². The lowest BCUT2D eigenvalue weighted by molar-refractivity contribution is -0.150. The second kappa shape index (κ2) is 2.46. The summed E-state index contributed by atoms with van der Waals surface area (Å²) in [6.45, 7) is 7.58. The van der Waals surface area contributed by atoms with Crippen LogP contribution in [0.15, 0.2) is 0 Å². The molecule has 0 spiro atoms. The quantitative estimate of drug-likeness (QED) is 0.531. The van der Waals surface area contributed by atoms with E-state index < -0.39 is 0 Å². The summed E-state index contributed by atoms with van der Waals surface area (Å²) < 4.78 is 11.2. The molecule has 2 fully saturated rings. The molecular formula is C9H16O2. The van der Waals surface area contributed by atoms with E-state index in [0.717, 1.165) is 12.5 Å². The molecule has 0 aliphatic carbocycles. The van der Waals surface area contributed by atoms with E-state index in [-0.39, 0.29) is 6.29 Å². The van der Waals surface area contributed by atoms with Crippen molar-refractivity contribution in [3.05, 3.63) is 0 Å². The number of rotatable bonds is 0. The van der Waals surface area contributed by atoms with Crippen molar-refractivity contribution in [3.8, 4) is 0 Å². The minimum absolute atomic E-state index is 0.0891. The van der Waals surface area contributed by atoms with Gasteiger partial charge in [0, 0.05) is 5.92 Å². The first-order chi connectivity index (χ1) is 5.20. The highest BCUT2D eigenvalue weighted by Gasteiger charge is 2.44. The summed E-state index contributed by atoms with van der Waals surface area (Å²) >= 11 is 0. The van der Waals surface area contributed by atoms with Gasteiger partial charge in [-0.25, -0.2) is 0 Å². The summed E-state index contributed by atoms with van der Waals surface area (Å²) in [6, 6.07) is 0. The van der Waals surface area contributed by atoms with E-state index in [0.29, 0.717) is 17.9 Å². The maximum Gasteiger partial charge on any atom is 0.160 e. The molecule has 0 amide bonds. The van der Waals surface area contributed by atoms with Crippen LogP contribution in [0, 0.1) is 17.8 Å². The molecule has 11 heavy (non-hydrogen) atoms. The normalized spacial score (nSPS) is 56.5. The largest absolute Gasteiger partial charge is 0.350 e. The fraction of sp³-hybridized carbons (Fsp3) is 1.00.